The van der Waals surface area contributed by atoms with Gasteiger partial charge in [-0.3, -0.25) is 0 Å². The lowest BCUT2D eigenvalue weighted by Gasteiger charge is -2.14. The predicted octanol–water partition coefficient (Wildman–Crippen LogP) is 11.6. The molecule has 0 spiro atoms. The summed E-state index contributed by atoms with van der Waals surface area (Å²) in [5.41, 5.74) is 6.50. The smallest absolute Gasteiger partial charge is 0.163 e. The van der Waals surface area contributed by atoms with Gasteiger partial charge in [-0.25, -0.2) is 9.97 Å². The maximum Gasteiger partial charge on any atom is 0.163 e. The van der Waals surface area contributed by atoms with Gasteiger partial charge in [-0.05, 0) is 42.5 Å². The van der Waals surface area contributed by atoms with Gasteiger partial charge in [0.1, 0.15) is 4.83 Å². The molecular weight excluding hydrogens is 587 g/mol. The second-order valence-electron chi connectivity index (χ2n) is 11.4. The molecule has 0 amide bonds. The molecule has 0 saturated heterocycles. The third kappa shape index (κ3) is 3.69. The van der Waals surface area contributed by atoms with E-state index in [1.165, 1.54) is 52.1 Å². The molecule has 5 heteroatoms. The molecule has 0 radical (unpaired) electrons. The summed E-state index contributed by atoms with van der Waals surface area (Å²) in [6.07, 6.45) is 0. The molecule has 4 aromatic heterocycles. The summed E-state index contributed by atoms with van der Waals surface area (Å²) >= 11 is 3.60. The van der Waals surface area contributed by atoms with Crippen LogP contribution in [0.3, 0.4) is 0 Å². The Morgan fingerprint density at radius 3 is 2.02 bits per heavy atom. The van der Waals surface area contributed by atoms with Crippen LogP contribution >= 0.6 is 22.7 Å². The van der Waals surface area contributed by atoms with E-state index in [0.717, 1.165) is 38.5 Å². The van der Waals surface area contributed by atoms with Gasteiger partial charge in [0.15, 0.2) is 5.82 Å². The first-order valence-electron chi connectivity index (χ1n) is 15.0. The molecule has 0 N–H and O–H groups in total. The van der Waals surface area contributed by atoms with Crippen molar-refractivity contribution in [2.24, 2.45) is 0 Å². The minimum atomic E-state index is 0.733. The van der Waals surface area contributed by atoms with Gasteiger partial charge >= 0.3 is 0 Å². The summed E-state index contributed by atoms with van der Waals surface area (Å²) in [5, 5.41) is 7.41. The molecule has 45 heavy (non-hydrogen) atoms. The molecule has 3 nitrogen and oxygen atoms in total. The second kappa shape index (κ2) is 9.57. The van der Waals surface area contributed by atoms with E-state index >= 15 is 0 Å². The van der Waals surface area contributed by atoms with Gasteiger partial charge in [0.05, 0.1) is 22.4 Å². The Balaban J connectivity index is 1.30. The summed E-state index contributed by atoms with van der Waals surface area (Å²) < 4.78 is 6.26. The zero-order valence-corrected chi connectivity index (χ0v) is 25.6. The van der Waals surface area contributed by atoms with Crippen molar-refractivity contribution in [1.82, 2.24) is 14.5 Å². The Kier molecular flexibility index (Phi) is 5.32. The zero-order chi connectivity index (χ0) is 29.5. The lowest BCUT2D eigenvalue weighted by molar-refractivity contribution is 1.16. The molecule has 6 aromatic carbocycles. The topological polar surface area (TPSA) is 30.7 Å². The van der Waals surface area contributed by atoms with Crippen molar-refractivity contribution in [1.29, 1.82) is 0 Å². The van der Waals surface area contributed by atoms with E-state index in [0.29, 0.717) is 0 Å². The lowest BCUT2D eigenvalue weighted by atomic mass is 10.1. The van der Waals surface area contributed by atoms with Gasteiger partial charge in [-0.15, -0.1) is 22.7 Å². The molecule has 210 valence electrons. The maximum atomic E-state index is 5.36. The quantitative estimate of drug-likeness (QED) is 0.199. The third-order valence-corrected chi connectivity index (χ3v) is 11.0. The number of thiophene rings is 2. The Morgan fingerprint density at radius 1 is 0.467 bits per heavy atom. The largest absolute Gasteiger partial charge is 0.308 e. The van der Waals surface area contributed by atoms with Crippen LogP contribution in [0.15, 0.2) is 140 Å². The number of benzene rings is 6. The van der Waals surface area contributed by atoms with E-state index in [9.17, 15) is 0 Å². The highest BCUT2D eigenvalue weighted by Gasteiger charge is 2.21. The van der Waals surface area contributed by atoms with Crippen LogP contribution in [-0.2, 0) is 0 Å². The monoisotopic (exact) mass is 609 g/mol. The van der Waals surface area contributed by atoms with E-state index in [-0.39, 0.29) is 0 Å². The highest BCUT2D eigenvalue weighted by molar-refractivity contribution is 7.26. The fourth-order valence-corrected chi connectivity index (χ4v) is 9.06. The van der Waals surface area contributed by atoms with Gasteiger partial charge < -0.3 is 4.57 Å². The fourth-order valence-electron chi connectivity index (χ4n) is 6.85. The average molecular weight is 610 g/mol. The minimum Gasteiger partial charge on any atom is -0.308 e. The summed E-state index contributed by atoms with van der Waals surface area (Å²) in [4.78, 5) is 11.6. The third-order valence-electron chi connectivity index (χ3n) is 8.84. The molecule has 10 rings (SSSR count). The first-order chi connectivity index (χ1) is 22.3. The fraction of sp³-hybridized carbons (Fsp3) is 0. The van der Waals surface area contributed by atoms with Crippen LogP contribution in [0.1, 0.15) is 0 Å². The minimum absolute atomic E-state index is 0.733. The van der Waals surface area contributed by atoms with Crippen LogP contribution in [-0.4, -0.2) is 14.5 Å². The molecule has 10 aromatic rings. The Bertz CT molecular complexity index is 2770. The van der Waals surface area contributed by atoms with E-state index in [1.54, 1.807) is 11.3 Å². The zero-order valence-electron chi connectivity index (χ0n) is 23.9. The molecule has 0 atom stereocenters. The molecule has 0 aliphatic heterocycles. The molecule has 0 unspecified atom stereocenters. The molecule has 0 aliphatic rings. The molecule has 0 saturated carbocycles. The van der Waals surface area contributed by atoms with E-state index < -0.39 is 0 Å². The number of fused-ring (bicyclic) bond motifs is 9. The standard InChI is InChI=1S/C40H23N3S2/c1-2-12-24(13-3-1)38-37-28-17-7-11-21-35(28)45-40(37)42-39(41-38)27-16-5-9-19-32(27)43-31-18-8-4-14-25(31)29-23-36-30(22-33(29)43)26-15-6-10-20-34(26)44-36/h1-23H. The lowest BCUT2D eigenvalue weighted by Crippen LogP contribution is -2.00. The van der Waals surface area contributed by atoms with E-state index in [1.807, 2.05) is 11.3 Å². The van der Waals surface area contributed by atoms with Gasteiger partial charge in [0.2, 0.25) is 0 Å². The Labute approximate surface area is 266 Å². The Hall–Kier alpha value is -5.36. The number of nitrogens with zero attached hydrogens (tertiary/aromatic N) is 3. The van der Waals surface area contributed by atoms with Crippen molar-refractivity contribution in [2.45, 2.75) is 0 Å². The van der Waals surface area contributed by atoms with Crippen molar-refractivity contribution in [2.75, 3.05) is 0 Å². The van der Waals surface area contributed by atoms with Gasteiger partial charge in [0, 0.05) is 57.5 Å². The molecule has 0 aliphatic carbocycles. The van der Waals surface area contributed by atoms with Crippen molar-refractivity contribution >= 4 is 85.0 Å². The van der Waals surface area contributed by atoms with Crippen LogP contribution in [0.25, 0.3) is 90.6 Å². The van der Waals surface area contributed by atoms with Gasteiger partial charge in [-0.1, -0.05) is 97.1 Å². The predicted molar refractivity (Wildman–Crippen MR) is 193 cm³/mol. The van der Waals surface area contributed by atoms with Gasteiger partial charge in [-0.2, -0.15) is 0 Å². The summed E-state index contributed by atoms with van der Waals surface area (Å²) in [6.45, 7) is 0. The molecule has 0 fully saturated rings. The van der Waals surface area contributed by atoms with Crippen molar-refractivity contribution < 1.29 is 0 Å². The van der Waals surface area contributed by atoms with Crippen LogP contribution in [0.5, 0.6) is 0 Å². The number of hydrogen-bond acceptors (Lipinski definition) is 4. The first kappa shape index (κ1) is 25.0. The number of hydrogen-bond donors (Lipinski definition) is 0. The van der Waals surface area contributed by atoms with Crippen molar-refractivity contribution in [3.63, 3.8) is 0 Å². The molecular formula is C40H23N3S2. The second-order valence-corrected chi connectivity index (χ2v) is 13.5. The number of para-hydroxylation sites is 2. The Morgan fingerprint density at radius 2 is 1.16 bits per heavy atom. The normalized spacial score (nSPS) is 12.0. The van der Waals surface area contributed by atoms with Crippen LogP contribution in [0.4, 0.5) is 0 Å². The van der Waals surface area contributed by atoms with Crippen molar-refractivity contribution in [3.8, 4) is 28.3 Å². The summed E-state index contributed by atoms with van der Waals surface area (Å²) in [7, 11) is 0. The summed E-state index contributed by atoms with van der Waals surface area (Å²) in [5.74, 6) is 0.733. The number of rotatable bonds is 3. The average Bonchev–Trinajstić information content (AvgIpc) is 3.76. The van der Waals surface area contributed by atoms with Crippen LogP contribution < -0.4 is 0 Å². The molecule has 4 heterocycles. The van der Waals surface area contributed by atoms with Crippen LogP contribution in [0.2, 0.25) is 0 Å². The summed E-state index contributed by atoms with van der Waals surface area (Å²) in [6, 6.07) is 49.9. The van der Waals surface area contributed by atoms with Gasteiger partial charge in [0.25, 0.3) is 0 Å². The van der Waals surface area contributed by atoms with Crippen LogP contribution in [0, 0.1) is 0 Å². The first-order valence-corrected chi connectivity index (χ1v) is 16.6. The highest BCUT2D eigenvalue weighted by atomic mass is 32.1. The maximum absolute atomic E-state index is 5.36. The molecule has 0 bridgehead atoms. The highest BCUT2D eigenvalue weighted by Crippen LogP contribution is 2.43. The van der Waals surface area contributed by atoms with E-state index in [4.69, 9.17) is 9.97 Å². The van der Waals surface area contributed by atoms with Crippen molar-refractivity contribution in [3.05, 3.63) is 140 Å². The number of aromatic nitrogens is 3. The SMILES string of the molecule is c1ccc(-c2nc(-c3ccccc3-n3c4ccccc4c4cc5sc6ccccc6c5cc43)nc3sc4ccccc4c23)cc1. The van der Waals surface area contributed by atoms with E-state index in [2.05, 4.69) is 144 Å².